The topological polar surface area (TPSA) is 107 Å². The zero-order valence-electron chi connectivity index (χ0n) is 17.9. The van der Waals surface area contributed by atoms with Crippen LogP contribution in [0.4, 0.5) is 11.8 Å². The van der Waals surface area contributed by atoms with Crippen LogP contribution >= 0.6 is 23.2 Å². The Bertz CT molecular complexity index is 1050. The quantitative estimate of drug-likeness (QED) is 0.400. The first-order valence-electron chi connectivity index (χ1n) is 9.86. The van der Waals surface area contributed by atoms with Crippen LogP contribution in [0, 0.1) is 0 Å². The lowest BCUT2D eigenvalue weighted by Crippen LogP contribution is -2.25. The molecule has 3 aromatic rings. The molecule has 0 bridgehead atoms. The maximum atomic E-state index is 6.60. The summed E-state index contributed by atoms with van der Waals surface area (Å²) in [7, 11) is 3.06. The predicted octanol–water partition coefficient (Wildman–Crippen LogP) is 4.40. The minimum Gasteiger partial charge on any atom is -0.495 e. The number of nitrogens with zero attached hydrogens (tertiary/aromatic N) is 3. The normalized spacial score (nSPS) is 11.2. The molecule has 0 spiro atoms. The van der Waals surface area contributed by atoms with Crippen LogP contribution in [0.5, 0.6) is 11.5 Å². The fourth-order valence-corrected chi connectivity index (χ4v) is 3.80. The van der Waals surface area contributed by atoms with Gasteiger partial charge in [0.2, 0.25) is 5.95 Å². The van der Waals surface area contributed by atoms with Crippen molar-refractivity contribution in [3.63, 3.8) is 0 Å². The Hall–Kier alpha value is -2.55. The number of methoxy groups -OCH3 is 2. The molecule has 0 amide bonds. The maximum Gasteiger partial charge on any atom is 0.220 e. The molecule has 8 nitrogen and oxygen atoms in total. The SMILES string of the molecule is COc1cc(OC)c(Cl)c(-c2cc3cnc(N)nc3c(NCCCNC(C)C)n2)c1Cl. The van der Waals surface area contributed by atoms with Crippen molar-refractivity contribution in [2.24, 2.45) is 0 Å². The van der Waals surface area contributed by atoms with E-state index in [9.17, 15) is 0 Å². The van der Waals surface area contributed by atoms with Crippen molar-refractivity contribution in [3.05, 3.63) is 28.4 Å². The number of nitrogens with two attached hydrogens (primary N) is 1. The Balaban J connectivity index is 2.07. The summed E-state index contributed by atoms with van der Waals surface area (Å²) in [6, 6.07) is 3.88. The molecule has 0 fully saturated rings. The van der Waals surface area contributed by atoms with E-state index in [1.807, 2.05) is 6.07 Å². The number of ether oxygens (including phenoxy) is 2. The number of nitrogens with one attached hydrogen (secondary N) is 2. The van der Waals surface area contributed by atoms with Gasteiger partial charge in [-0.3, -0.25) is 0 Å². The molecule has 166 valence electrons. The minimum atomic E-state index is 0.172. The van der Waals surface area contributed by atoms with Crippen molar-refractivity contribution >= 4 is 45.9 Å². The summed E-state index contributed by atoms with van der Waals surface area (Å²) in [5.74, 6) is 1.61. The Morgan fingerprint density at radius 3 is 2.32 bits per heavy atom. The lowest BCUT2D eigenvalue weighted by atomic mass is 10.1. The second-order valence-electron chi connectivity index (χ2n) is 7.20. The number of fused-ring (bicyclic) bond motifs is 1. The van der Waals surface area contributed by atoms with Gasteiger partial charge in [-0.15, -0.1) is 0 Å². The number of nitrogen functional groups attached to an aromatic ring is 1. The van der Waals surface area contributed by atoms with Crippen LogP contribution in [0.3, 0.4) is 0 Å². The van der Waals surface area contributed by atoms with Gasteiger partial charge < -0.3 is 25.8 Å². The molecule has 0 aliphatic rings. The van der Waals surface area contributed by atoms with Crippen LogP contribution in [0.15, 0.2) is 18.3 Å². The Kier molecular flexibility index (Phi) is 7.59. The molecule has 0 unspecified atom stereocenters. The van der Waals surface area contributed by atoms with Crippen molar-refractivity contribution in [2.75, 3.05) is 38.4 Å². The second-order valence-corrected chi connectivity index (χ2v) is 7.95. The largest absolute Gasteiger partial charge is 0.495 e. The van der Waals surface area contributed by atoms with Gasteiger partial charge in [0.25, 0.3) is 0 Å². The van der Waals surface area contributed by atoms with E-state index in [4.69, 9.17) is 43.4 Å². The molecule has 10 heteroatoms. The van der Waals surface area contributed by atoms with E-state index in [1.54, 1.807) is 12.3 Å². The van der Waals surface area contributed by atoms with E-state index >= 15 is 0 Å². The van der Waals surface area contributed by atoms with Crippen molar-refractivity contribution in [1.29, 1.82) is 0 Å². The molecule has 0 saturated heterocycles. The van der Waals surface area contributed by atoms with E-state index in [-0.39, 0.29) is 5.95 Å². The van der Waals surface area contributed by atoms with Crippen LogP contribution < -0.4 is 25.8 Å². The van der Waals surface area contributed by atoms with Crippen LogP contribution in [0.2, 0.25) is 10.0 Å². The molecule has 0 atom stereocenters. The number of hydrogen-bond acceptors (Lipinski definition) is 8. The Labute approximate surface area is 191 Å². The molecule has 0 radical (unpaired) electrons. The molecule has 0 aliphatic heterocycles. The van der Waals surface area contributed by atoms with Crippen molar-refractivity contribution < 1.29 is 9.47 Å². The van der Waals surface area contributed by atoms with Crippen LogP contribution in [-0.2, 0) is 0 Å². The zero-order chi connectivity index (χ0) is 22.5. The fraction of sp³-hybridized carbons (Fsp3) is 0.381. The number of halogens is 2. The number of aromatic nitrogens is 3. The standard InChI is InChI=1S/C21H26Cl2N6O2/c1-11(2)25-6-5-7-26-20-19-12(10-27-21(24)29-19)8-13(28-20)16-17(22)14(30-3)9-15(31-4)18(16)23/h8-11,25H,5-7H2,1-4H3,(H,26,28)(H2,24,27,29). The molecule has 2 heterocycles. The van der Waals surface area contributed by atoms with E-state index in [0.717, 1.165) is 18.4 Å². The predicted molar refractivity (Wildman–Crippen MR) is 127 cm³/mol. The fourth-order valence-electron chi connectivity index (χ4n) is 3.10. The summed E-state index contributed by atoms with van der Waals surface area (Å²) < 4.78 is 10.8. The second kappa shape index (κ2) is 10.2. The Morgan fingerprint density at radius 1 is 1.03 bits per heavy atom. The first-order valence-corrected chi connectivity index (χ1v) is 10.6. The Morgan fingerprint density at radius 2 is 1.71 bits per heavy atom. The van der Waals surface area contributed by atoms with Crippen molar-refractivity contribution in [1.82, 2.24) is 20.3 Å². The summed E-state index contributed by atoms with van der Waals surface area (Å²) in [5, 5.41) is 8.16. The van der Waals surface area contributed by atoms with Crippen molar-refractivity contribution in [3.8, 4) is 22.8 Å². The van der Waals surface area contributed by atoms with E-state index < -0.39 is 0 Å². The number of anilines is 2. The lowest BCUT2D eigenvalue weighted by Gasteiger charge is -2.16. The van der Waals surface area contributed by atoms with Gasteiger partial charge in [-0.05, 0) is 19.0 Å². The maximum absolute atomic E-state index is 6.60. The summed E-state index contributed by atoms with van der Waals surface area (Å²) in [5.41, 5.74) is 7.47. The third kappa shape index (κ3) is 5.20. The van der Waals surface area contributed by atoms with Gasteiger partial charge in [-0.2, -0.15) is 0 Å². The number of benzene rings is 1. The highest BCUT2D eigenvalue weighted by molar-refractivity contribution is 6.41. The molecule has 2 aromatic heterocycles. The summed E-state index contributed by atoms with van der Waals surface area (Å²) in [6.45, 7) is 5.80. The molecule has 3 rings (SSSR count). The highest BCUT2D eigenvalue weighted by atomic mass is 35.5. The average Bonchev–Trinajstić information content (AvgIpc) is 2.74. The van der Waals surface area contributed by atoms with Gasteiger partial charge >= 0.3 is 0 Å². The van der Waals surface area contributed by atoms with E-state index in [1.165, 1.54) is 14.2 Å². The number of hydrogen-bond donors (Lipinski definition) is 3. The molecule has 1 aromatic carbocycles. The summed E-state index contributed by atoms with van der Waals surface area (Å²) in [6.07, 6.45) is 2.55. The third-order valence-electron chi connectivity index (χ3n) is 4.61. The van der Waals surface area contributed by atoms with E-state index in [2.05, 4.69) is 34.4 Å². The smallest absolute Gasteiger partial charge is 0.220 e. The zero-order valence-corrected chi connectivity index (χ0v) is 19.4. The minimum absolute atomic E-state index is 0.172. The molecule has 0 saturated carbocycles. The average molecular weight is 465 g/mol. The van der Waals surface area contributed by atoms with Gasteiger partial charge in [0, 0.05) is 35.8 Å². The van der Waals surface area contributed by atoms with Crippen LogP contribution in [-0.4, -0.2) is 48.3 Å². The molecule has 31 heavy (non-hydrogen) atoms. The molecule has 0 aliphatic carbocycles. The molecule has 4 N–H and O–H groups in total. The van der Waals surface area contributed by atoms with Gasteiger partial charge in [-0.25, -0.2) is 15.0 Å². The number of pyridine rings is 1. The first kappa shape index (κ1) is 23.1. The summed E-state index contributed by atoms with van der Waals surface area (Å²) >= 11 is 13.2. The first-order chi connectivity index (χ1) is 14.8. The van der Waals surface area contributed by atoms with Gasteiger partial charge in [0.15, 0.2) is 5.82 Å². The summed E-state index contributed by atoms with van der Waals surface area (Å²) in [4.78, 5) is 13.2. The van der Waals surface area contributed by atoms with Crippen LogP contribution in [0.1, 0.15) is 20.3 Å². The van der Waals surface area contributed by atoms with Gasteiger partial charge in [-0.1, -0.05) is 37.0 Å². The lowest BCUT2D eigenvalue weighted by molar-refractivity contribution is 0.395. The highest BCUT2D eigenvalue weighted by Gasteiger charge is 2.21. The molecular formula is C21H26Cl2N6O2. The van der Waals surface area contributed by atoms with Crippen LogP contribution in [0.25, 0.3) is 22.2 Å². The third-order valence-corrected chi connectivity index (χ3v) is 5.36. The number of rotatable bonds is 9. The van der Waals surface area contributed by atoms with Gasteiger partial charge in [0.05, 0.1) is 30.0 Å². The monoisotopic (exact) mass is 464 g/mol. The molecular weight excluding hydrogens is 439 g/mol. The highest BCUT2D eigenvalue weighted by Crippen LogP contribution is 2.46. The van der Waals surface area contributed by atoms with Crippen molar-refractivity contribution in [2.45, 2.75) is 26.3 Å². The van der Waals surface area contributed by atoms with E-state index in [0.29, 0.717) is 56.7 Å². The van der Waals surface area contributed by atoms with Gasteiger partial charge in [0.1, 0.15) is 17.0 Å².